The van der Waals surface area contributed by atoms with Crippen molar-refractivity contribution in [2.75, 3.05) is 13.7 Å². The SMILES string of the molecule is CCOc1cc([C@H](O)c2cccc(-n3cccc3)c2)ccc1OC. The predicted octanol–water partition coefficient (Wildman–Crippen LogP) is 3.97. The van der Waals surface area contributed by atoms with Crippen molar-refractivity contribution >= 4 is 0 Å². The molecule has 24 heavy (non-hydrogen) atoms. The molecule has 3 rings (SSSR count). The van der Waals surface area contributed by atoms with Gasteiger partial charge in [0, 0.05) is 18.1 Å². The highest BCUT2D eigenvalue weighted by Gasteiger charge is 2.14. The van der Waals surface area contributed by atoms with Gasteiger partial charge in [0.2, 0.25) is 0 Å². The lowest BCUT2D eigenvalue weighted by molar-refractivity contribution is 0.219. The number of methoxy groups -OCH3 is 1. The number of hydrogen-bond acceptors (Lipinski definition) is 3. The van der Waals surface area contributed by atoms with Crippen LogP contribution in [0.3, 0.4) is 0 Å². The minimum atomic E-state index is -0.731. The molecule has 0 spiro atoms. The van der Waals surface area contributed by atoms with E-state index >= 15 is 0 Å². The van der Waals surface area contributed by atoms with E-state index in [0.29, 0.717) is 18.1 Å². The first-order valence-corrected chi connectivity index (χ1v) is 7.95. The molecule has 1 heterocycles. The summed E-state index contributed by atoms with van der Waals surface area (Å²) in [5.41, 5.74) is 2.60. The third kappa shape index (κ3) is 3.29. The van der Waals surface area contributed by atoms with Gasteiger partial charge in [0.1, 0.15) is 6.10 Å². The summed E-state index contributed by atoms with van der Waals surface area (Å²) in [5, 5.41) is 10.8. The Morgan fingerprint density at radius 1 is 0.958 bits per heavy atom. The maximum Gasteiger partial charge on any atom is 0.161 e. The summed E-state index contributed by atoms with van der Waals surface area (Å²) in [7, 11) is 1.61. The van der Waals surface area contributed by atoms with Crippen LogP contribution in [0, 0.1) is 0 Å². The van der Waals surface area contributed by atoms with E-state index in [1.807, 2.05) is 78.5 Å². The average molecular weight is 323 g/mol. The van der Waals surface area contributed by atoms with Crippen molar-refractivity contribution in [1.29, 1.82) is 0 Å². The van der Waals surface area contributed by atoms with E-state index in [1.54, 1.807) is 7.11 Å². The minimum Gasteiger partial charge on any atom is -0.493 e. The molecule has 124 valence electrons. The number of ether oxygens (including phenoxy) is 2. The lowest BCUT2D eigenvalue weighted by Crippen LogP contribution is -2.03. The molecular formula is C20H21NO3. The van der Waals surface area contributed by atoms with Gasteiger partial charge < -0.3 is 19.1 Å². The molecule has 1 N–H and O–H groups in total. The van der Waals surface area contributed by atoms with Crippen LogP contribution in [-0.4, -0.2) is 23.4 Å². The Labute approximate surface area is 141 Å². The van der Waals surface area contributed by atoms with Gasteiger partial charge in [-0.3, -0.25) is 0 Å². The number of hydrogen-bond donors (Lipinski definition) is 1. The van der Waals surface area contributed by atoms with E-state index in [9.17, 15) is 5.11 Å². The number of aliphatic hydroxyl groups is 1. The summed E-state index contributed by atoms with van der Waals surface area (Å²) in [4.78, 5) is 0. The summed E-state index contributed by atoms with van der Waals surface area (Å²) in [6, 6.07) is 17.3. The zero-order chi connectivity index (χ0) is 16.9. The highest BCUT2D eigenvalue weighted by Crippen LogP contribution is 2.32. The molecule has 0 saturated carbocycles. The van der Waals surface area contributed by atoms with Gasteiger partial charge in [-0.25, -0.2) is 0 Å². The molecule has 0 aliphatic rings. The number of benzene rings is 2. The van der Waals surface area contributed by atoms with Gasteiger partial charge >= 0.3 is 0 Å². The summed E-state index contributed by atoms with van der Waals surface area (Å²) >= 11 is 0. The van der Waals surface area contributed by atoms with Crippen molar-refractivity contribution in [3.05, 3.63) is 78.1 Å². The van der Waals surface area contributed by atoms with Gasteiger partial charge in [-0.2, -0.15) is 0 Å². The van der Waals surface area contributed by atoms with Crippen molar-refractivity contribution in [1.82, 2.24) is 4.57 Å². The fourth-order valence-electron chi connectivity index (χ4n) is 2.69. The van der Waals surface area contributed by atoms with Crippen LogP contribution in [0.4, 0.5) is 0 Å². The third-order valence-corrected chi connectivity index (χ3v) is 3.89. The van der Waals surface area contributed by atoms with Gasteiger partial charge in [-0.1, -0.05) is 18.2 Å². The number of nitrogens with zero attached hydrogens (tertiary/aromatic N) is 1. The molecule has 1 aromatic heterocycles. The molecule has 2 aromatic carbocycles. The lowest BCUT2D eigenvalue weighted by Gasteiger charge is -2.16. The fourth-order valence-corrected chi connectivity index (χ4v) is 2.69. The van der Waals surface area contributed by atoms with Crippen molar-refractivity contribution in [3.63, 3.8) is 0 Å². The van der Waals surface area contributed by atoms with Crippen molar-refractivity contribution in [2.24, 2.45) is 0 Å². The maximum absolute atomic E-state index is 10.8. The first-order valence-electron chi connectivity index (χ1n) is 7.95. The van der Waals surface area contributed by atoms with Crippen LogP contribution in [0.2, 0.25) is 0 Å². The van der Waals surface area contributed by atoms with Crippen LogP contribution >= 0.6 is 0 Å². The van der Waals surface area contributed by atoms with Crippen molar-refractivity contribution in [2.45, 2.75) is 13.0 Å². The summed E-state index contributed by atoms with van der Waals surface area (Å²) in [5.74, 6) is 1.30. The summed E-state index contributed by atoms with van der Waals surface area (Å²) in [6.45, 7) is 2.46. The fraction of sp³-hybridized carbons (Fsp3) is 0.200. The number of rotatable bonds is 6. The predicted molar refractivity (Wildman–Crippen MR) is 94.0 cm³/mol. The van der Waals surface area contributed by atoms with Gasteiger partial charge in [0.15, 0.2) is 11.5 Å². The van der Waals surface area contributed by atoms with Crippen LogP contribution in [-0.2, 0) is 0 Å². The second-order valence-corrected chi connectivity index (χ2v) is 5.43. The highest BCUT2D eigenvalue weighted by molar-refractivity contribution is 5.46. The smallest absolute Gasteiger partial charge is 0.161 e. The number of aromatic nitrogens is 1. The van der Waals surface area contributed by atoms with Gasteiger partial charge in [0.25, 0.3) is 0 Å². The van der Waals surface area contributed by atoms with Crippen LogP contribution in [0.15, 0.2) is 67.0 Å². The van der Waals surface area contributed by atoms with Gasteiger partial charge in [-0.15, -0.1) is 0 Å². The molecule has 0 aliphatic carbocycles. The monoisotopic (exact) mass is 323 g/mol. The minimum absolute atomic E-state index is 0.541. The largest absolute Gasteiger partial charge is 0.493 e. The number of aliphatic hydroxyl groups excluding tert-OH is 1. The molecular weight excluding hydrogens is 302 g/mol. The quantitative estimate of drug-likeness (QED) is 0.746. The topological polar surface area (TPSA) is 43.6 Å². The second kappa shape index (κ2) is 7.23. The summed E-state index contributed by atoms with van der Waals surface area (Å²) < 4.78 is 12.9. The molecule has 0 saturated heterocycles. The standard InChI is InChI=1S/C20H21NO3/c1-3-24-19-14-16(9-10-18(19)23-2)20(22)15-7-6-8-17(13-15)21-11-4-5-12-21/h4-14,20,22H,3H2,1-2H3/t20-/m1/s1. The molecule has 4 nitrogen and oxygen atoms in total. The van der Waals surface area contributed by atoms with Crippen molar-refractivity contribution < 1.29 is 14.6 Å². The molecule has 0 aliphatic heterocycles. The lowest BCUT2D eigenvalue weighted by atomic mass is 10.0. The Hall–Kier alpha value is -2.72. The van der Waals surface area contributed by atoms with Gasteiger partial charge in [-0.05, 0) is 54.4 Å². The average Bonchev–Trinajstić information content (AvgIpc) is 3.16. The molecule has 0 unspecified atom stereocenters. The molecule has 0 amide bonds. The molecule has 4 heteroatoms. The van der Waals surface area contributed by atoms with E-state index in [1.165, 1.54) is 0 Å². The van der Waals surface area contributed by atoms with E-state index in [2.05, 4.69) is 0 Å². The van der Waals surface area contributed by atoms with Crippen LogP contribution in [0.25, 0.3) is 5.69 Å². The zero-order valence-electron chi connectivity index (χ0n) is 13.8. The highest BCUT2D eigenvalue weighted by atomic mass is 16.5. The maximum atomic E-state index is 10.8. The van der Waals surface area contributed by atoms with Crippen LogP contribution in [0.5, 0.6) is 11.5 Å². The Bertz CT molecular complexity index is 796. The molecule has 0 bridgehead atoms. The van der Waals surface area contributed by atoms with E-state index < -0.39 is 6.10 Å². The second-order valence-electron chi connectivity index (χ2n) is 5.43. The molecule has 3 aromatic rings. The first kappa shape index (κ1) is 16.1. The Morgan fingerprint density at radius 2 is 1.71 bits per heavy atom. The normalized spacial score (nSPS) is 12.0. The Balaban J connectivity index is 1.93. The Morgan fingerprint density at radius 3 is 2.42 bits per heavy atom. The van der Waals surface area contributed by atoms with Crippen LogP contribution < -0.4 is 9.47 Å². The molecule has 0 radical (unpaired) electrons. The van der Waals surface area contributed by atoms with Gasteiger partial charge in [0.05, 0.1) is 13.7 Å². The van der Waals surface area contributed by atoms with E-state index in [4.69, 9.17) is 9.47 Å². The van der Waals surface area contributed by atoms with E-state index in [0.717, 1.165) is 16.8 Å². The zero-order valence-corrected chi connectivity index (χ0v) is 13.8. The van der Waals surface area contributed by atoms with Crippen molar-refractivity contribution in [3.8, 4) is 17.2 Å². The molecule has 0 fully saturated rings. The molecule has 1 atom stereocenters. The van der Waals surface area contributed by atoms with E-state index in [-0.39, 0.29) is 0 Å². The Kier molecular flexibility index (Phi) is 4.87. The third-order valence-electron chi connectivity index (χ3n) is 3.89. The van der Waals surface area contributed by atoms with Crippen LogP contribution in [0.1, 0.15) is 24.2 Å². The summed E-state index contributed by atoms with van der Waals surface area (Å²) in [6.07, 6.45) is 3.23. The first-order chi connectivity index (χ1) is 11.7.